The second-order valence-corrected chi connectivity index (χ2v) is 18.8. The normalized spacial score (nSPS) is 20.5. The number of hydrogen-bond acceptors (Lipinski definition) is 14. The van der Waals surface area contributed by atoms with Crippen molar-refractivity contribution in [3.05, 3.63) is 54.1 Å². The van der Waals surface area contributed by atoms with Crippen molar-refractivity contribution < 1.29 is 65.1 Å². The molecule has 0 aliphatic carbocycles. The second-order valence-electron chi connectivity index (χ2n) is 14.9. The Kier molecular flexibility index (Phi) is 18.7. The van der Waals surface area contributed by atoms with Gasteiger partial charge in [0, 0.05) is 13.1 Å². The van der Waals surface area contributed by atoms with Gasteiger partial charge in [-0.15, -0.1) is 0 Å². The topological polar surface area (TPSA) is 195 Å². The van der Waals surface area contributed by atoms with Crippen LogP contribution < -0.4 is 14.8 Å². The van der Waals surface area contributed by atoms with Gasteiger partial charge in [0.2, 0.25) is 10.0 Å². The lowest BCUT2D eigenvalue weighted by Crippen LogP contribution is -2.51. The van der Waals surface area contributed by atoms with Gasteiger partial charge in [0.05, 0.1) is 56.5 Å². The van der Waals surface area contributed by atoms with Crippen molar-refractivity contribution >= 4 is 29.7 Å². The Morgan fingerprint density at radius 3 is 2.29 bits per heavy atom. The Balaban J connectivity index is 1.49. The SMILES string of the molecule is CCCCOC(=O)[C@H](C)OP(=O)(COc1ccc(C[C@H](NC(=O)O[C@H]2CO[C@H]3OCC[C@H]32)[C@H](O)CN(CC(C)C)S(=O)(=O)c2ccc(OC)cc2)cc1)OCCCC. The summed E-state index contributed by atoms with van der Waals surface area (Å²) in [5.74, 6) is -0.0382. The van der Waals surface area contributed by atoms with Crippen LogP contribution in [0.2, 0.25) is 0 Å². The van der Waals surface area contributed by atoms with Gasteiger partial charge in [0.25, 0.3) is 0 Å². The average Bonchev–Trinajstić information content (AvgIpc) is 3.82. The third kappa shape index (κ3) is 14.2. The maximum atomic E-state index is 13.9. The van der Waals surface area contributed by atoms with E-state index in [-0.39, 0.29) is 56.1 Å². The monoisotopic (exact) mass is 856 g/mol. The number of esters is 1. The molecule has 0 radical (unpaired) electrons. The van der Waals surface area contributed by atoms with Crippen molar-refractivity contribution in [1.29, 1.82) is 0 Å². The fourth-order valence-electron chi connectivity index (χ4n) is 6.36. The highest BCUT2D eigenvalue weighted by atomic mass is 32.2. The minimum Gasteiger partial charge on any atom is -0.497 e. The number of nitrogens with zero attached hydrogens (tertiary/aromatic N) is 1. The molecule has 1 amide bonds. The van der Waals surface area contributed by atoms with Crippen LogP contribution in [0.3, 0.4) is 0 Å². The molecule has 0 saturated carbocycles. The molecule has 1 unspecified atom stereocenters. The molecule has 2 saturated heterocycles. The Labute approximate surface area is 342 Å². The van der Waals surface area contributed by atoms with Crippen LogP contribution in [0.25, 0.3) is 0 Å². The van der Waals surface area contributed by atoms with Crippen molar-refractivity contribution in [1.82, 2.24) is 9.62 Å². The summed E-state index contributed by atoms with van der Waals surface area (Å²) >= 11 is 0. The number of fused-ring (bicyclic) bond motifs is 1. The smallest absolute Gasteiger partial charge is 0.407 e. The number of alkyl carbamates (subject to hydrolysis) is 1. The standard InChI is InChI=1S/C40H61N2O14PS/c1-7-9-20-50-38(44)29(5)56-57(46,54-21-10-8-2)27-53-32-13-11-30(12-14-32)23-35(41-40(45)55-37-26-52-39-34(37)19-22-51-39)36(43)25-42(24-28(3)4)58(47,48)33-17-15-31(49-6)16-18-33/h11-18,28-29,34-37,39,43H,7-10,19-27H2,1-6H3,(H,41,45)/t29-,34-,35-,36+,37-,39+,57?/m0/s1. The summed E-state index contributed by atoms with van der Waals surface area (Å²) in [7, 11) is -6.49. The highest BCUT2D eigenvalue weighted by Crippen LogP contribution is 2.49. The van der Waals surface area contributed by atoms with Gasteiger partial charge in [-0.25, -0.2) is 18.0 Å². The van der Waals surface area contributed by atoms with E-state index in [9.17, 15) is 27.7 Å². The first-order valence-electron chi connectivity index (χ1n) is 20.0. The zero-order valence-electron chi connectivity index (χ0n) is 34.4. The molecular weight excluding hydrogens is 795 g/mol. The molecule has 0 aromatic heterocycles. The van der Waals surface area contributed by atoms with Gasteiger partial charge in [0.1, 0.15) is 17.6 Å². The van der Waals surface area contributed by atoms with E-state index in [0.29, 0.717) is 42.9 Å². The first kappa shape index (κ1) is 47.4. The number of carbonyl (C=O) groups is 2. The number of aliphatic hydroxyl groups excluding tert-OH is 1. The van der Waals surface area contributed by atoms with Crippen LogP contribution in [0, 0.1) is 11.8 Å². The van der Waals surface area contributed by atoms with Crippen LogP contribution in [0.15, 0.2) is 53.4 Å². The number of carbonyl (C=O) groups excluding carboxylic acids is 2. The molecule has 16 nitrogen and oxygen atoms in total. The molecule has 2 aromatic carbocycles. The first-order valence-corrected chi connectivity index (χ1v) is 23.2. The van der Waals surface area contributed by atoms with Crippen LogP contribution in [0.4, 0.5) is 4.79 Å². The molecule has 58 heavy (non-hydrogen) atoms. The van der Waals surface area contributed by atoms with Gasteiger partial charge in [-0.1, -0.05) is 52.7 Å². The summed E-state index contributed by atoms with van der Waals surface area (Å²) in [4.78, 5) is 25.8. The molecule has 4 rings (SSSR count). The molecule has 7 atom stereocenters. The van der Waals surface area contributed by atoms with E-state index in [1.807, 2.05) is 27.7 Å². The summed E-state index contributed by atoms with van der Waals surface area (Å²) in [6, 6.07) is 11.6. The van der Waals surface area contributed by atoms with E-state index in [2.05, 4.69) is 5.32 Å². The Hall–Kier alpha value is -3.28. The molecule has 0 spiro atoms. The van der Waals surface area contributed by atoms with Crippen molar-refractivity contribution in [2.75, 3.05) is 53.0 Å². The summed E-state index contributed by atoms with van der Waals surface area (Å²) in [6.45, 7) is 9.93. The van der Waals surface area contributed by atoms with Crippen LogP contribution in [0.5, 0.6) is 11.5 Å². The number of nitrogens with one attached hydrogen (secondary N) is 1. The van der Waals surface area contributed by atoms with Gasteiger partial charge in [-0.3, -0.25) is 9.09 Å². The summed E-state index contributed by atoms with van der Waals surface area (Å²) in [5.41, 5.74) is 0.653. The molecule has 2 aromatic rings. The van der Waals surface area contributed by atoms with Crippen LogP contribution >= 0.6 is 7.60 Å². The van der Waals surface area contributed by atoms with Crippen molar-refractivity contribution in [2.45, 2.75) is 109 Å². The highest BCUT2D eigenvalue weighted by Gasteiger charge is 2.44. The molecule has 18 heteroatoms. The number of benzene rings is 2. The summed E-state index contributed by atoms with van der Waals surface area (Å²) in [6.07, 6.45) is -1.07. The number of sulfonamides is 1. The van der Waals surface area contributed by atoms with E-state index < -0.39 is 66.7 Å². The molecule has 2 aliphatic heterocycles. The fraction of sp³-hybridized carbons (Fsp3) is 0.650. The van der Waals surface area contributed by atoms with Gasteiger partial charge in [0.15, 0.2) is 18.7 Å². The van der Waals surface area contributed by atoms with Crippen molar-refractivity contribution in [3.63, 3.8) is 0 Å². The molecule has 0 bridgehead atoms. The molecule has 326 valence electrons. The van der Waals surface area contributed by atoms with E-state index in [0.717, 1.165) is 12.8 Å². The van der Waals surface area contributed by atoms with Gasteiger partial charge < -0.3 is 43.4 Å². The minimum atomic E-state index is -4.07. The number of ether oxygens (including phenoxy) is 6. The van der Waals surface area contributed by atoms with Crippen molar-refractivity contribution in [2.24, 2.45) is 11.8 Å². The third-order valence-electron chi connectivity index (χ3n) is 9.62. The Morgan fingerprint density at radius 2 is 1.64 bits per heavy atom. The zero-order valence-corrected chi connectivity index (χ0v) is 36.1. The maximum Gasteiger partial charge on any atom is 0.407 e. The van der Waals surface area contributed by atoms with Gasteiger partial charge in [-0.05, 0) is 80.5 Å². The van der Waals surface area contributed by atoms with Crippen LogP contribution in [-0.2, 0) is 53.8 Å². The highest BCUT2D eigenvalue weighted by molar-refractivity contribution is 7.89. The number of aliphatic hydroxyl groups is 1. The van der Waals surface area contributed by atoms with Gasteiger partial charge >= 0.3 is 19.7 Å². The predicted molar refractivity (Wildman–Crippen MR) is 214 cm³/mol. The largest absolute Gasteiger partial charge is 0.497 e. The lowest BCUT2D eigenvalue weighted by molar-refractivity contribution is -0.151. The van der Waals surface area contributed by atoms with Crippen LogP contribution in [0.1, 0.15) is 72.3 Å². The van der Waals surface area contributed by atoms with E-state index in [1.165, 1.54) is 30.5 Å². The Bertz CT molecular complexity index is 1730. The number of amides is 1. The quantitative estimate of drug-likeness (QED) is 0.0681. The average molecular weight is 857 g/mol. The molecule has 2 aliphatic rings. The third-order valence-corrected chi connectivity index (χ3v) is 13.1. The summed E-state index contributed by atoms with van der Waals surface area (Å²) < 4.78 is 87.1. The van der Waals surface area contributed by atoms with Crippen molar-refractivity contribution in [3.8, 4) is 11.5 Å². The lowest BCUT2D eigenvalue weighted by atomic mass is 10.0. The fourth-order valence-corrected chi connectivity index (χ4v) is 9.46. The zero-order chi connectivity index (χ0) is 42.3. The van der Waals surface area contributed by atoms with E-state index >= 15 is 0 Å². The predicted octanol–water partition coefficient (Wildman–Crippen LogP) is 5.90. The van der Waals surface area contributed by atoms with E-state index in [4.69, 9.17) is 37.5 Å². The minimum absolute atomic E-state index is 0.0299. The summed E-state index contributed by atoms with van der Waals surface area (Å²) in [5, 5.41) is 14.5. The van der Waals surface area contributed by atoms with Crippen LogP contribution in [-0.4, -0.2) is 114 Å². The molecule has 2 heterocycles. The van der Waals surface area contributed by atoms with Gasteiger partial charge in [-0.2, -0.15) is 4.31 Å². The number of hydrogen-bond donors (Lipinski definition) is 2. The number of rotatable bonds is 25. The lowest BCUT2D eigenvalue weighted by Gasteiger charge is -2.31. The second kappa shape index (κ2) is 22.9. The maximum absolute atomic E-state index is 13.9. The van der Waals surface area contributed by atoms with E-state index in [1.54, 1.807) is 36.4 Å². The molecule has 2 N–H and O–H groups in total. The molecule has 2 fully saturated rings. The Morgan fingerprint density at radius 1 is 0.966 bits per heavy atom. The number of unbranched alkanes of at least 4 members (excludes halogenated alkanes) is 2. The number of methoxy groups -OCH3 is 1. The first-order chi connectivity index (χ1) is 27.7. The molecular formula is C40H61N2O14PS.